The van der Waals surface area contributed by atoms with Crippen LogP contribution in [0.2, 0.25) is 0 Å². The predicted molar refractivity (Wildman–Crippen MR) is 120 cm³/mol. The number of carbonyl (C=O) groups is 3. The molecule has 166 valence electrons. The van der Waals surface area contributed by atoms with Crippen molar-refractivity contribution in [2.24, 2.45) is 0 Å². The molecule has 0 atom stereocenters. The summed E-state index contributed by atoms with van der Waals surface area (Å²) in [6.45, 7) is 2.30. The van der Waals surface area contributed by atoms with Crippen LogP contribution in [0.5, 0.6) is 0 Å². The van der Waals surface area contributed by atoms with Gasteiger partial charge in [-0.1, -0.05) is 42.1 Å². The van der Waals surface area contributed by atoms with Crippen LogP contribution in [-0.2, 0) is 20.9 Å². The second-order valence-electron chi connectivity index (χ2n) is 6.77. The molecule has 0 fully saturated rings. The van der Waals surface area contributed by atoms with Gasteiger partial charge in [-0.25, -0.2) is 0 Å². The minimum Gasteiger partial charge on any atom is -0.468 e. The number of anilines is 1. The molecule has 1 aromatic heterocycles. The molecule has 0 aliphatic carbocycles. The van der Waals surface area contributed by atoms with Crippen molar-refractivity contribution >= 4 is 35.2 Å². The van der Waals surface area contributed by atoms with E-state index in [9.17, 15) is 14.4 Å². The number of ether oxygens (including phenoxy) is 1. The molecule has 0 unspecified atom stereocenters. The number of esters is 1. The minimum absolute atomic E-state index is 0.161. The Morgan fingerprint density at radius 1 is 1.03 bits per heavy atom. The highest BCUT2D eigenvalue weighted by atomic mass is 32.2. The number of aryl methyl sites for hydroxylation is 1. The van der Waals surface area contributed by atoms with Crippen LogP contribution < -0.4 is 10.6 Å². The number of amides is 2. The summed E-state index contributed by atoms with van der Waals surface area (Å²) in [4.78, 5) is 35.5. The lowest BCUT2D eigenvalue weighted by Gasteiger charge is -2.09. The van der Waals surface area contributed by atoms with Crippen molar-refractivity contribution in [2.45, 2.75) is 18.6 Å². The average molecular weight is 454 g/mol. The van der Waals surface area contributed by atoms with Crippen molar-refractivity contribution < 1.29 is 19.1 Å². The second-order valence-corrected chi connectivity index (χ2v) is 7.72. The highest BCUT2D eigenvalue weighted by Gasteiger charge is 2.13. The first-order valence-corrected chi connectivity index (χ1v) is 10.8. The van der Waals surface area contributed by atoms with Gasteiger partial charge in [0.2, 0.25) is 5.91 Å². The molecule has 9 nitrogen and oxygen atoms in total. The van der Waals surface area contributed by atoms with Gasteiger partial charge < -0.3 is 19.9 Å². The van der Waals surface area contributed by atoms with E-state index in [1.165, 1.54) is 18.9 Å². The van der Waals surface area contributed by atoms with Gasteiger partial charge in [-0.3, -0.25) is 14.4 Å². The summed E-state index contributed by atoms with van der Waals surface area (Å²) < 4.78 is 6.45. The van der Waals surface area contributed by atoms with Crippen molar-refractivity contribution in [1.82, 2.24) is 20.1 Å². The monoisotopic (exact) mass is 453 g/mol. The van der Waals surface area contributed by atoms with Crippen LogP contribution in [0.4, 0.5) is 5.69 Å². The summed E-state index contributed by atoms with van der Waals surface area (Å²) in [5, 5.41) is 14.2. The zero-order valence-electron chi connectivity index (χ0n) is 17.7. The van der Waals surface area contributed by atoms with Gasteiger partial charge in [0.15, 0.2) is 5.16 Å². The predicted octanol–water partition coefficient (Wildman–Crippen LogP) is 2.27. The first kappa shape index (κ1) is 23.0. The molecule has 10 heteroatoms. The van der Waals surface area contributed by atoms with E-state index >= 15 is 0 Å². The average Bonchev–Trinajstić information content (AvgIpc) is 3.16. The lowest BCUT2D eigenvalue weighted by Crippen LogP contribution is -2.30. The van der Waals surface area contributed by atoms with E-state index in [0.717, 1.165) is 11.4 Å². The maximum absolute atomic E-state index is 12.4. The van der Waals surface area contributed by atoms with E-state index in [1.54, 1.807) is 24.3 Å². The number of thioether (sulfide) groups is 1. The molecule has 3 rings (SSSR count). The Morgan fingerprint density at radius 3 is 2.44 bits per heavy atom. The zero-order valence-corrected chi connectivity index (χ0v) is 18.5. The highest BCUT2D eigenvalue weighted by Crippen LogP contribution is 2.19. The number of hydrogen-bond donors (Lipinski definition) is 2. The fourth-order valence-electron chi connectivity index (χ4n) is 2.78. The third kappa shape index (κ3) is 6.42. The third-order valence-corrected chi connectivity index (χ3v) is 5.44. The number of nitrogens with zero attached hydrogens (tertiary/aromatic N) is 3. The maximum atomic E-state index is 12.4. The van der Waals surface area contributed by atoms with Gasteiger partial charge in [-0.05, 0) is 36.8 Å². The Labute approximate surface area is 189 Å². The SMILES string of the molecule is COC(=O)CNC(=O)c1ccc(NC(=O)CSc2nnc(C)n2Cc2ccccc2)cc1. The molecule has 2 N–H and O–H groups in total. The van der Waals surface area contributed by atoms with Gasteiger partial charge in [0.1, 0.15) is 12.4 Å². The normalized spacial score (nSPS) is 10.4. The van der Waals surface area contributed by atoms with E-state index in [4.69, 9.17) is 0 Å². The molecule has 0 aliphatic rings. The lowest BCUT2D eigenvalue weighted by atomic mass is 10.2. The van der Waals surface area contributed by atoms with Crippen molar-refractivity contribution in [2.75, 3.05) is 24.7 Å². The molecule has 0 bridgehead atoms. The summed E-state index contributed by atoms with van der Waals surface area (Å²) in [6.07, 6.45) is 0. The number of carbonyl (C=O) groups excluding carboxylic acids is 3. The molecule has 0 spiro atoms. The lowest BCUT2D eigenvalue weighted by molar-refractivity contribution is -0.139. The molecule has 0 saturated carbocycles. The topological polar surface area (TPSA) is 115 Å². The number of methoxy groups -OCH3 is 1. The molecular weight excluding hydrogens is 430 g/mol. The van der Waals surface area contributed by atoms with Crippen molar-refractivity contribution in [3.63, 3.8) is 0 Å². The van der Waals surface area contributed by atoms with E-state index in [0.29, 0.717) is 23.0 Å². The number of rotatable bonds is 9. The van der Waals surface area contributed by atoms with Crippen LogP contribution in [0.1, 0.15) is 21.7 Å². The van der Waals surface area contributed by atoms with Crippen LogP contribution >= 0.6 is 11.8 Å². The van der Waals surface area contributed by atoms with Crippen LogP contribution in [0, 0.1) is 6.92 Å². The van der Waals surface area contributed by atoms with Crippen molar-refractivity contribution in [3.05, 3.63) is 71.5 Å². The minimum atomic E-state index is -0.533. The van der Waals surface area contributed by atoms with Crippen LogP contribution in [0.3, 0.4) is 0 Å². The Morgan fingerprint density at radius 2 is 1.75 bits per heavy atom. The zero-order chi connectivity index (χ0) is 22.9. The Balaban J connectivity index is 1.52. The molecule has 1 heterocycles. The Bertz CT molecular complexity index is 1080. The van der Waals surface area contributed by atoms with Gasteiger partial charge in [-0.2, -0.15) is 0 Å². The highest BCUT2D eigenvalue weighted by molar-refractivity contribution is 7.99. The molecule has 2 amide bonds. The molecule has 2 aromatic carbocycles. The van der Waals surface area contributed by atoms with E-state index < -0.39 is 11.9 Å². The first-order chi connectivity index (χ1) is 15.5. The quantitative estimate of drug-likeness (QED) is 0.377. The van der Waals surface area contributed by atoms with E-state index in [-0.39, 0.29) is 18.2 Å². The van der Waals surface area contributed by atoms with Gasteiger partial charge in [0.25, 0.3) is 5.91 Å². The smallest absolute Gasteiger partial charge is 0.325 e. The Kier molecular flexibility index (Phi) is 7.98. The Hall–Kier alpha value is -3.66. The summed E-state index contributed by atoms with van der Waals surface area (Å²) in [7, 11) is 1.25. The van der Waals surface area contributed by atoms with Crippen LogP contribution in [0.25, 0.3) is 0 Å². The molecule has 0 aliphatic heterocycles. The number of hydrogen-bond acceptors (Lipinski definition) is 7. The van der Waals surface area contributed by atoms with Crippen molar-refractivity contribution in [1.29, 1.82) is 0 Å². The van der Waals surface area contributed by atoms with Crippen LogP contribution in [0.15, 0.2) is 59.8 Å². The van der Waals surface area contributed by atoms with E-state index in [2.05, 4.69) is 25.6 Å². The third-order valence-electron chi connectivity index (χ3n) is 4.47. The van der Waals surface area contributed by atoms with Crippen molar-refractivity contribution in [3.8, 4) is 0 Å². The fourth-order valence-corrected chi connectivity index (χ4v) is 3.56. The van der Waals surface area contributed by atoms with Gasteiger partial charge in [-0.15, -0.1) is 10.2 Å². The van der Waals surface area contributed by atoms with Gasteiger partial charge in [0.05, 0.1) is 19.4 Å². The second kappa shape index (κ2) is 11.1. The molecule has 3 aromatic rings. The summed E-state index contributed by atoms with van der Waals surface area (Å²) in [5.74, 6) is -0.206. The number of benzene rings is 2. The summed E-state index contributed by atoms with van der Waals surface area (Å²) in [5.41, 5.74) is 2.05. The molecule has 32 heavy (non-hydrogen) atoms. The maximum Gasteiger partial charge on any atom is 0.325 e. The van der Waals surface area contributed by atoms with Gasteiger partial charge in [0, 0.05) is 11.3 Å². The standard InChI is InChI=1S/C22H23N5O4S/c1-15-25-26-22(27(15)13-16-6-4-3-5-7-16)32-14-19(28)24-18-10-8-17(9-11-18)21(30)23-12-20(29)31-2/h3-11H,12-14H2,1-2H3,(H,23,30)(H,24,28). The molecule has 0 saturated heterocycles. The molecule has 0 radical (unpaired) electrons. The summed E-state index contributed by atoms with van der Waals surface area (Å²) >= 11 is 1.30. The number of nitrogens with one attached hydrogen (secondary N) is 2. The van der Waals surface area contributed by atoms with E-state index in [1.807, 2.05) is 41.8 Å². The first-order valence-electron chi connectivity index (χ1n) is 9.77. The largest absolute Gasteiger partial charge is 0.468 e. The summed E-state index contributed by atoms with van der Waals surface area (Å²) in [6, 6.07) is 16.3. The molecular formula is C22H23N5O4S. The van der Waals surface area contributed by atoms with Gasteiger partial charge >= 0.3 is 5.97 Å². The fraction of sp³-hybridized carbons (Fsp3) is 0.227. The number of aromatic nitrogens is 3. The van der Waals surface area contributed by atoms with Crippen LogP contribution in [-0.4, -0.2) is 52.0 Å².